The number of nitrogens with zero attached hydrogens (tertiary/aromatic N) is 1. The van der Waals surface area contributed by atoms with Crippen LogP contribution in [0.1, 0.15) is 0 Å². The van der Waals surface area contributed by atoms with E-state index in [0.717, 1.165) is 3.70 Å². The fraction of sp³-hybridized carbons (Fsp3) is 0. The lowest BCUT2D eigenvalue weighted by molar-refractivity contribution is 1.08. The third-order valence-electron chi connectivity index (χ3n) is 1.42. The minimum absolute atomic E-state index is 0.00287. The van der Waals surface area contributed by atoms with Gasteiger partial charge >= 0.3 is 0 Å². The Balaban J connectivity index is 3.08. The van der Waals surface area contributed by atoms with Crippen LogP contribution in [0.2, 0.25) is 0 Å². The molecule has 2 rings (SSSR count). The second-order valence-corrected chi connectivity index (χ2v) is 3.18. The second-order valence-electron chi connectivity index (χ2n) is 2.10. The third kappa shape index (κ3) is 0.953. The van der Waals surface area contributed by atoms with Crippen LogP contribution in [0.4, 0.5) is 0 Å². The molecule has 0 radical (unpaired) electrons. The van der Waals surface area contributed by atoms with E-state index >= 15 is 0 Å². The van der Waals surface area contributed by atoms with Gasteiger partial charge in [0.05, 0.1) is 5.39 Å². The monoisotopic (exact) mass is 261 g/mol. The number of aromatic amines is 2. The maximum atomic E-state index is 11.2. The molecule has 0 fully saturated rings. The van der Waals surface area contributed by atoms with Gasteiger partial charge in [-0.25, -0.2) is 0 Å². The van der Waals surface area contributed by atoms with Crippen LogP contribution in [0.25, 0.3) is 11.0 Å². The minimum atomic E-state index is -0.00287. The second kappa shape index (κ2) is 2.33. The molecular weight excluding hydrogens is 257 g/mol. The van der Waals surface area contributed by atoms with Crippen LogP contribution >= 0.6 is 22.6 Å². The Morgan fingerprint density at radius 3 is 3.09 bits per heavy atom. The molecule has 0 aromatic carbocycles. The Labute approximate surface area is 75.2 Å². The van der Waals surface area contributed by atoms with E-state index in [9.17, 15) is 4.79 Å². The lowest BCUT2D eigenvalue weighted by Gasteiger charge is -1.84. The van der Waals surface area contributed by atoms with Gasteiger partial charge in [0.2, 0.25) is 0 Å². The molecule has 0 atom stereocenters. The summed E-state index contributed by atoms with van der Waals surface area (Å²) in [6, 6.07) is 1.49. The summed E-state index contributed by atoms with van der Waals surface area (Å²) in [5, 5.41) is 7.25. The summed E-state index contributed by atoms with van der Waals surface area (Å²) in [7, 11) is 0. The summed E-state index contributed by atoms with van der Waals surface area (Å²) in [6.07, 6.45) is 1.58. The van der Waals surface area contributed by atoms with Crippen LogP contribution in [-0.4, -0.2) is 15.2 Å². The van der Waals surface area contributed by atoms with Gasteiger partial charge in [-0.2, -0.15) is 5.10 Å². The Morgan fingerprint density at radius 1 is 1.55 bits per heavy atom. The highest BCUT2D eigenvalue weighted by Crippen LogP contribution is 2.09. The van der Waals surface area contributed by atoms with E-state index in [0.29, 0.717) is 11.0 Å². The highest BCUT2D eigenvalue weighted by atomic mass is 127. The van der Waals surface area contributed by atoms with Gasteiger partial charge in [-0.05, 0) is 22.6 Å². The highest BCUT2D eigenvalue weighted by molar-refractivity contribution is 14.1. The van der Waals surface area contributed by atoms with Crippen LogP contribution in [0.5, 0.6) is 0 Å². The van der Waals surface area contributed by atoms with Gasteiger partial charge < -0.3 is 4.98 Å². The molecule has 0 amide bonds. The van der Waals surface area contributed by atoms with E-state index in [4.69, 9.17) is 0 Å². The number of hydrogen-bond donors (Lipinski definition) is 2. The topological polar surface area (TPSA) is 61.5 Å². The molecule has 4 nitrogen and oxygen atoms in total. The molecule has 0 aliphatic heterocycles. The normalized spacial score (nSPS) is 10.6. The quantitative estimate of drug-likeness (QED) is 0.691. The first-order chi connectivity index (χ1) is 5.29. The SMILES string of the molecule is O=c1cc[nH]c2n[nH]c(I)c12. The first-order valence-electron chi connectivity index (χ1n) is 3.00. The molecule has 0 aliphatic rings. The van der Waals surface area contributed by atoms with Crippen molar-refractivity contribution in [1.29, 1.82) is 0 Å². The molecule has 2 heterocycles. The molecular formula is C6H4IN3O. The number of H-pyrrole nitrogens is 2. The Morgan fingerprint density at radius 2 is 2.36 bits per heavy atom. The summed E-state index contributed by atoms with van der Waals surface area (Å²) in [4.78, 5) is 14.0. The van der Waals surface area contributed by atoms with Crippen LogP contribution in [-0.2, 0) is 0 Å². The minimum Gasteiger partial charge on any atom is -0.344 e. The van der Waals surface area contributed by atoms with E-state index in [1.807, 2.05) is 22.6 Å². The first kappa shape index (κ1) is 6.84. The summed E-state index contributed by atoms with van der Waals surface area (Å²) in [5.41, 5.74) is 0.610. The van der Waals surface area contributed by atoms with E-state index in [-0.39, 0.29) is 5.43 Å². The average Bonchev–Trinajstić information content (AvgIpc) is 2.34. The smallest absolute Gasteiger partial charge is 0.193 e. The van der Waals surface area contributed by atoms with Crippen molar-refractivity contribution in [3.63, 3.8) is 0 Å². The number of halogens is 1. The molecule has 2 N–H and O–H groups in total. The Hall–Kier alpha value is -0.850. The lowest BCUT2D eigenvalue weighted by atomic mass is 10.3. The molecule has 0 saturated carbocycles. The van der Waals surface area contributed by atoms with Crippen molar-refractivity contribution in [3.05, 3.63) is 26.2 Å². The van der Waals surface area contributed by atoms with Crippen molar-refractivity contribution in [2.45, 2.75) is 0 Å². The molecule has 2 aromatic rings. The van der Waals surface area contributed by atoms with E-state index in [2.05, 4.69) is 15.2 Å². The van der Waals surface area contributed by atoms with Crippen LogP contribution in [0.15, 0.2) is 17.1 Å². The van der Waals surface area contributed by atoms with Crippen LogP contribution < -0.4 is 5.43 Å². The fourth-order valence-corrected chi connectivity index (χ4v) is 1.57. The third-order valence-corrected chi connectivity index (χ3v) is 2.20. The summed E-state index contributed by atoms with van der Waals surface area (Å²) < 4.78 is 0.777. The van der Waals surface area contributed by atoms with Crippen molar-refractivity contribution < 1.29 is 0 Å². The van der Waals surface area contributed by atoms with Crippen molar-refractivity contribution in [1.82, 2.24) is 15.2 Å². The molecule has 0 saturated heterocycles. The molecule has 0 unspecified atom stereocenters. The number of nitrogens with one attached hydrogen (secondary N) is 2. The molecule has 0 spiro atoms. The summed E-state index contributed by atoms with van der Waals surface area (Å²) in [5.74, 6) is 0. The van der Waals surface area contributed by atoms with Gasteiger partial charge in [0.15, 0.2) is 11.1 Å². The molecule has 56 valence electrons. The lowest BCUT2D eigenvalue weighted by Crippen LogP contribution is -1.98. The van der Waals surface area contributed by atoms with E-state index in [1.165, 1.54) is 6.07 Å². The molecule has 5 heteroatoms. The average molecular weight is 261 g/mol. The zero-order chi connectivity index (χ0) is 7.84. The van der Waals surface area contributed by atoms with Gasteiger partial charge in [0, 0.05) is 12.3 Å². The van der Waals surface area contributed by atoms with Gasteiger partial charge in [-0.3, -0.25) is 9.89 Å². The van der Waals surface area contributed by atoms with Crippen molar-refractivity contribution in [2.24, 2.45) is 0 Å². The fourth-order valence-electron chi connectivity index (χ4n) is 0.930. The van der Waals surface area contributed by atoms with Gasteiger partial charge in [0.25, 0.3) is 0 Å². The van der Waals surface area contributed by atoms with Crippen molar-refractivity contribution in [3.8, 4) is 0 Å². The van der Waals surface area contributed by atoms with Crippen molar-refractivity contribution in [2.75, 3.05) is 0 Å². The Bertz CT molecular complexity index is 444. The summed E-state index contributed by atoms with van der Waals surface area (Å²) >= 11 is 2.04. The van der Waals surface area contributed by atoms with E-state index in [1.54, 1.807) is 6.20 Å². The van der Waals surface area contributed by atoms with Gasteiger partial charge in [0.1, 0.15) is 3.70 Å². The zero-order valence-corrected chi connectivity index (χ0v) is 7.55. The number of rotatable bonds is 0. The molecule has 0 bridgehead atoms. The number of aromatic nitrogens is 3. The summed E-state index contributed by atoms with van der Waals surface area (Å²) in [6.45, 7) is 0. The zero-order valence-electron chi connectivity index (χ0n) is 5.39. The van der Waals surface area contributed by atoms with Crippen molar-refractivity contribution >= 4 is 33.6 Å². The Kier molecular flexibility index (Phi) is 1.45. The van der Waals surface area contributed by atoms with Crippen LogP contribution in [0.3, 0.4) is 0 Å². The highest BCUT2D eigenvalue weighted by Gasteiger charge is 2.04. The molecule has 11 heavy (non-hydrogen) atoms. The van der Waals surface area contributed by atoms with Gasteiger partial charge in [-0.15, -0.1) is 0 Å². The standard InChI is InChI=1S/C6H4IN3O/c7-5-4-3(11)1-2-8-6(4)10-9-5/h1-2H,(H2,8,9,10,11). The predicted molar refractivity (Wildman–Crippen MR) is 49.4 cm³/mol. The molecule has 0 aliphatic carbocycles. The van der Waals surface area contributed by atoms with E-state index < -0.39 is 0 Å². The number of hydrogen-bond acceptors (Lipinski definition) is 2. The maximum Gasteiger partial charge on any atom is 0.193 e. The number of fused-ring (bicyclic) bond motifs is 1. The maximum absolute atomic E-state index is 11.2. The predicted octanol–water partition coefficient (Wildman–Crippen LogP) is 0.856. The molecule has 2 aromatic heterocycles. The number of pyridine rings is 1. The van der Waals surface area contributed by atoms with Gasteiger partial charge in [-0.1, -0.05) is 0 Å². The van der Waals surface area contributed by atoms with Crippen LogP contribution in [0, 0.1) is 3.70 Å². The first-order valence-corrected chi connectivity index (χ1v) is 4.08. The largest absolute Gasteiger partial charge is 0.344 e.